The van der Waals surface area contributed by atoms with E-state index in [-0.39, 0.29) is 19.1 Å². The van der Waals surface area contributed by atoms with E-state index >= 15 is 0 Å². The zero-order valence-electron chi connectivity index (χ0n) is 11.9. The molecule has 2 rings (SSSR count). The van der Waals surface area contributed by atoms with Gasteiger partial charge in [0.05, 0.1) is 11.6 Å². The average Bonchev–Trinajstić information content (AvgIpc) is 2.54. The molecule has 1 aromatic carbocycles. The van der Waals surface area contributed by atoms with Gasteiger partial charge in [-0.25, -0.2) is 0 Å². The summed E-state index contributed by atoms with van der Waals surface area (Å²) in [7, 11) is 0. The number of hydrogen-bond donors (Lipinski definition) is 3. The number of morpholine rings is 1. The molecule has 8 heteroatoms. The fraction of sp³-hybridized carbons (Fsp3) is 0.500. The van der Waals surface area contributed by atoms with E-state index in [2.05, 4.69) is 10.6 Å². The lowest BCUT2D eigenvalue weighted by molar-refractivity contribution is -0.134. The second-order valence-electron chi connectivity index (χ2n) is 4.83. The van der Waals surface area contributed by atoms with E-state index in [0.717, 1.165) is 6.54 Å². The van der Waals surface area contributed by atoms with Crippen molar-refractivity contribution in [2.24, 2.45) is 0 Å². The number of carbonyl (C=O) groups is 1. The molecule has 122 valence electrons. The Balaban J connectivity index is 1.72. The predicted molar refractivity (Wildman–Crippen MR) is 83.6 cm³/mol. The predicted octanol–water partition coefficient (Wildman–Crippen LogP) is 0.838. The van der Waals surface area contributed by atoms with Gasteiger partial charge in [0.15, 0.2) is 0 Å². The minimum absolute atomic E-state index is 0.00981. The first-order chi connectivity index (χ1) is 10.6. The highest BCUT2D eigenvalue weighted by molar-refractivity contribution is 6.42. The summed E-state index contributed by atoms with van der Waals surface area (Å²) in [6.45, 7) is 1.76. The van der Waals surface area contributed by atoms with E-state index in [0.29, 0.717) is 28.9 Å². The molecule has 0 spiro atoms. The molecule has 0 aromatic heterocycles. The summed E-state index contributed by atoms with van der Waals surface area (Å²) in [5.74, 6) is 0.131. The number of aliphatic hydroxyl groups is 1. The molecule has 6 nitrogen and oxygen atoms in total. The van der Waals surface area contributed by atoms with Crippen LogP contribution in [0.5, 0.6) is 5.75 Å². The van der Waals surface area contributed by atoms with Gasteiger partial charge in [0.2, 0.25) is 0 Å². The maximum absolute atomic E-state index is 11.8. The van der Waals surface area contributed by atoms with Gasteiger partial charge in [-0.05, 0) is 12.1 Å². The van der Waals surface area contributed by atoms with Crippen LogP contribution in [0, 0.1) is 0 Å². The Hall–Kier alpha value is -1.05. The number of hydrogen-bond acceptors (Lipinski definition) is 5. The number of aliphatic hydroxyl groups excluding tert-OH is 1. The van der Waals surface area contributed by atoms with Crippen LogP contribution >= 0.6 is 23.2 Å². The van der Waals surface area contributed by atoms with Gasteiger partial charge in [0, 0.05) is 19.6 Å². The number of ether oxygens (including phenoxy) is 2. The summed E-state index contributed by atoms with van der Waals surface area (Å²) < 4.78 is 10.7. The minimum atomic E-state index is -0.865. The first-order valence-corrected chi connectivity index (χ1v) is 7.68. The fourth-order valence-corrected chi connectivity index (χ4v) is 2.25. The molecule has 1 saturated heterocycles. The van der Waals surface area contributed by atoms with E-state index in [4.69, 9.17) is 32.7 Å². The molecule has 0 saturated carbocycles. The van der Waals surface area contributed by atoms with Crippen molar-refractivity contribution in [1.82, 2.24) is 10.6 Å². The highest BCUT2D eigenvalue weighted by Gasteiger charge is 2.22. The molecule has 0 aliphatic carbocycles. The van der Waals surface area contributed by atoms with Crippen molar-refractivity contribution in [2.45, 2.75) is 12.2 Å². The third kappa shape index (κ3) is 5.00. The molecular formula is C14H18Cl2N2O4. The van der Waals surface area contributed by atoms with Crippen molar-refractivity contribution < 1.29 is 19.4 Å². The lowest BCUT2D eigenvalue weighted by atomic mass is 10.2. The van der Waals surface area contributed by atoms with E-state index in [9.17, 15) is 9.90 Å². The fourth-order valence-electron chi connectivity index (χ4n) is 1.91. The van der Waals surface area contributed by atoms with Gasteiger partial charge in [-0.15, -0.1) is 0 Å². The van der Waals surface area contributed by atoms with Crippen LogP contribution in [0.25, 0.3) is 0 Å². The number of nitrogens with one attached hydrogen (secondary N) is 2. The highest BCUT2D eigenvalue weighted by atomic mass is 35.5. The molecule has 0 bridgehead atoms. The zero-order valence-corrected chi connectivity index (χ0v) is 13.4. The van der Waals surface area contributed by atoms with Crippen molar-refractivity contribution in [2.75, 3.05) is 32.8 Å². The van der Waals surface area contributed by atoms with E-state index in [1.165, 1.54) is 0 Å². The Morgan fingerprint density at radius 2 is 2.36 bits per heavy atom. The quantitative estimate of drug-likeness (QED) is 0.709. The van der Waals surface area contributed by atoms with Gasteiger partial charge in [0.25, 0.3) is 5.91 Å². The number of amides is 1. The van der Waals surface area contributed by atoms with Crippen LogP contribution in [-0.2, 0) is 9.53 Å². The smallest absolute Gasteiger partial charge is 0.250 e. The van der Waals surface area contributed by atoms with Gasteiger partial charge >= 0.3 is 0 Å². The standard InChI is InChI=1S/C14H18Cl2N2O4/c15-10-2-1-3-11(13(10)16)22-8-9(19)6-18-14(20)12-7-17-4-5-21-12/h1-3,9,12,17,19H,4-8H2,(H,18,20). The summed E-state index contributed by atoms with van der Waals surface area (Å²) in [4.78, 5) is 11.8. The average molecular weight is 349 g/mol. The Morgan fingerprint density at radius 3 is 3.09 bits per heavy atom. The van der Waals surface area contributed by atoms with Gasteiger partial charge in [-0.3, -0.25) is 4.79 Å². The van der Waals surface area contributed by atoms with E-state index in [1.807, 2.05) is 0 Å². The molecule has 3 N–H and O–H groups in total. The van der Waals surface area contributed by atoms with Crippen molar-refractivity contribution in [3.05, 3.63) is 28.2 Å². The van der Waals surface area contributed by atoms with Crippen LogP contribution in [-0.4, -0.2) is 56.1 Å². The minimum Gasteiger partial charge on any atom is -0.489 e. The van der Waals surface area contributed by atoms with Crippen molar-refractivity contribution in [3.63, 3.8) is 0 Å². The molecular weight excluding hydrogens is 331 g/mol. The molecule has 22 heavy (non-hydrogen) atoms. The molecule has 1 amide bonds. The van der Waals surface area contributed by atoms with Gasteiger partial charge in [0.1, 0.15) is 29.6 Å². The normalized spacial score (nSPS) is 19.5. The first kappa shape index (κ1) is 17.3. The van der Waals surface area contributed by atoms with Crippen molar-refractivity contribution in [1.29, 1.82) is 0 Å². The van der Waals surface area contributed by atoms with Crippen LogP contribution in [0.15, 0.2) is 18.2 Å². The number of rotatable bonds is 6. The molecule has 1 aromatic rings. The summed E-state index contributed by atoms with van der Waals surface area (Å²) >= 11 is 11.8. The summed E-state index contributed by atoms with van der Waals surface area (Å²) in [6.07, 6.45) is -1.39. The van der Waals surface area contributed by atoms with Gasteiger partial charge < -0.3 is 25.2 Å². The third-order valence-electron chi connectivity index (χ3n) is 3.08. The van der Waals surface area contributed by atoms with Crippen LogP contribution in [0.2, 0.25) is 10.0 Å². The van der Waals surface area contributed by atoms with Crippen molar-refractivity contribution >= 4 is 29.1 Å². The van der Waals surface area contributed by atoms with Crippen LogP contribution in [0.3, 0.4) is 0 Å². The molecule has 1 aliphatic heterocycles. The third-order valence-corrected chi connectivity index (χ3v) is 3.88. The molecule has 2 atom stereocenters. The summed E-state index contributed by atoms with van der Waals surface area (Å²) in [5, 5.41) is 16.2. The number of carbonyl (C=O) groups excluding carboxylic acids is 1. The summed E-state index contributed by atoms with van der Waals surface area (Å²) in [6, 6.07) is 5.00. The molecule has 1 heterocycles. The Kier molecular flexibility index (Phi) is 6.72. The first-order valence-electron chi connectivity index (χ1n) is 6.93. The van der Waals surface area contributed by atoms with Crippen LogP contribution < -0.4 is 15.4 Å². The zero-order chi connectivity index (χ0) is 15.9. The monoisotopic (exact) mass is 348 g/mol. The molecule has 1 aliphatic rings. The SMILES string of the molecule is O=C(NCC(O)COc1cccc(Cl)c1Cl)C1CNCCO1. The van der Waals surface area contributed by atoms with Gasteiger partial charge in [-0.2, -0.15) is 0 Å². The van der Waals surface area contributed by atoms with E-state index in [1.54, 1.807) is 18.2 Å². The Morgan fingerprint density at radius 1 is 1.55 bits per heavy atom. The number of halogens is 2. The maximum Gasteiger partial charge on any atom is 0.250 e. The lowest BCUT2D eigenvalue weighted by Gasteiger charge is -2.23. The molecule has 1 fully saturated rings. The second-order valence-corrected chi connectivity index (χ2v) is 5.61. The van der Waals surface area contributed by atoms with Crippen LogP contribution in [0.4, 0.5) is 0 Å². The maximum atomic E-state index is 11.8. The van der Waals surface area contributed by atoms with Crippen molar-refractivity contribution in [3.8, 4) is 5.75 Å². The van der Waals surface area contributed by atoms with Gasteiger partial charge in [-0.1, -0.05) is 29.3 Å². The topological polar surface area (TPSA) is 79.8 Å². The lowest BCUT2D eigenvalue weighted by Crippen LogP contribution is -2.49. The second kappa shape index (κ2) is 8.55. The largest absolute Gasteiger partial charge is 0.489 e. The summed E-state index contributed by atoms with van der Waals surface area (Å²) in [5.41, 5.74) is 0. The molecule has 2 unspecified atom stereocenters. The van der Waals surface area contributed by atoms with Crippen LogP contribution in [0.1, 0.15) is 0 Å². The molecule has 0 radical (unpaired) electrons. The number of benzene rings is 1. The Labute approximate surface area is 138 Å². The Bertz CT molecular complexity index is 510. The highest BCUT2D eigenvalue weighted by Crippen LogP contribution is 2.31. The van der Waals surface area contributed by atoms with E-state index < -0.39 is 12.2 Å².